The Balaban J connectivity index is 2.93. The van der Waals surface area contributed by atoms with E-state index in [-0.39, 0.29) is 23.9 Å². The maximum Gasteiger partial charge on any atom is 0.241 e. The molecule has 1 unspecified atom stereocenters. The first-order chi connectivity index (χ1) is 7.44. The zero-order chi connectivity index (χ0) is 12.3. The quantitative estimate of drug-likeness (QED) is 0.668. The number of carbonyl (C=O) groups excluding carboxylic acids is 1. The molecule has 1 rings (SSSR count). The minimum atomic E-state index is -0.318. The van der Waals surface area contributed by atoms with Crippen molar-refractivity contribution in [3.05, 3.63) is 12.7 Å². The second-order valence-corrected chi connectivity index (χ2v) is 4.81. The van der Waals surface area contributed by atoms with Gasteiger partial charge in [0.15, 0.2) is 0 Å². The van der Waals surface area contributed by atoms with E-state index in [2.05, 4.69) is 12.6 Å². The second-order valence-electron chi connectivity index (χ2n) is 4.81. The summed E-state index contributed by atoms with van der Waals surface area (Å²) in [7, 11) is 1.80. The summed E-state index contributed by atoms with van der Waals surface area (Å²) in [5.74, 6) is 0.0275. The molecule has 0 saturated carbocycles. The summed E-state index contributed by atoms with van der Waals surface area (Å²) in [6, 6.07) is 1.76. The zero-order valence-corrected chi connectivity index (χ0v) is 10.2. The van der Waals surface area contributed by atoms with Gasteiger partial charge in [-0.05, 0) is 13.8 Å². The molecule has 0 spiro atoms. The molecule has 0 aromatic heterocycles. The third-order valence-corrected chi connectivity index (χ3v) is 3.20. The van der Waals surface area contributed by atoms with Crippen LogP contribution in [0.2, 0.25) is 0 Å². The minimum absolute atomic E-state index is 0.0275. The standard InChI is InChI=1S/C12H19N3O/c1-5-8-15-9-12(2,3)14(4)11(16)10(15)6-7-13/h5,10H,1,6,8-9H2,2-4H3. The molecule has 0 radical (unpaired) electrons. The summed E-state index contributed by atoms with van der Waals surface area (Å²) in [6.07, 6.45) is 2.02. The Labute approximate surface area is 97.1 Å². The lowest BCUT2D eigenvalue weighted by Gasteiger charge is -2.48. The molecule has 1 heterocycles. The molecule has 16 heavy (non-hydrogen) atoms. The Kier molecular flexibility index (Phi) is 3.71. The fourth-order valence-corrected chi connectivity index (χ4v) is 2.05. The van der Waals surface area contributed by atoms with Crippen molar-refractivity contribution in [1.29, 1.82) is 5.26 Å². The molecule has 1 fully saturated rings. The summed E-state index contributed by atoms with van der Waals surface area (Å²) in [6.45, 7) is 9.17. The van der Waals surface area contributed by atoms with E-state index < -0.39 is 0 Å². The first kappa shape index (κ1) is 12.7. The van der Waals surface area contributed by atoms with Crippen molar-refractivity contribution >= 4 is 5.91 Å². The van der Waals surface area contributed by atoms with Gasteiger partial charge in [0.2, 0.25) is 5.91 Å². The first-order valence-electron chi connectivity index (χ1n) is 5.43. The van der Waals surface area contributed by atoms with Crippen LogP contribution < -0.4 is 0 Å². The van der Waals surface area contributed by atoms with Crippen molar-refractivity contribution in [1.82, 2.24) is 9.80 Å². The molecule has 0 aromatic rings. The topological polar surface area (TPSA) is 47.3 Å². The highest BCUT2D eigenvalue weighted by atomic mass is 16.2. The third kappa shape index (κ3) is 2.25. The molecule has 4 nitrogen and oxygen atoms in total. The number of likely N-dealkylation sites (N-methyl/N-ethyl adjacent to an activating group) is 1. The maximum absolute atomic E-state index is 12.1. The number of nitriles is 1. The summed E-state index contributed by atoms with van der Waals surface area (Å²) >= 11 is 0. The van der Waals surface area contributed by atoms with Crippen LogP contribution in [0.1, 0.15) is 20.3 Å². The van der Waals surface area contributed by atoms with Crippen molar-refractivity contribution in [2.75, 3.05) is 20.1 Å². The molecular formula is C12H19N3O. The summed E-state index contributed by atoms with van der Waals surface area (Å²) in [5.41, 5.74) is -0.188. The van der Waals surface area contributed by atoms with Crippen molar-refractivity contribution in [3.8, 4) is 6.07 Å². The van der Waals surface area contributed by atoms with E-state index in [1.807, 2.05) is 18.7 Å². The van der Waals surface area contributed by atoms with Crippen LogP contribution >= 0.6 is 0 Å². The number of rotatable bonds is 3. The highest BCUT2D eigenvalue weighted by molar-refractivity contribution is 5.83. The highest BCUT2D eigenvalue weighted by Crippen LogP contribution is 2.25. The van der Waals surface area contributed by atoms with E-state index in [4.69, 9.17) is 5.26 Å². The van der Waals surface area contributed by atoms with Crippen molar-refractivity contribution in [3.63, 3.8) is 0 Å². The monoisotopic (exact) mass is 221 g/mol. The van der Waals surface area contributed by atoms with E-state index in [0.29, 0.717) is 6.54 Å². The molecule has 0 N–H and O–H groups in total. The molecule has 0 bridgehead atoms. The van der Waals surface area contributed by atoms with Gasteiger partial charge in [-0.1, -0.05) is 6.08 Å². The van der Waals surface area contributed by atoms with Crippen molar-refractivity contribution in [2.45, 2.75) is 31.8 Å². The van der Waals surface area contributed by atoms with Gasteiger partial charge in [-0.15, -0.1) is 6.58 Å². The first-order valence-corrected chi connectivity index (χ1v) is 5.43. The van der Waals surface area contributed by atoms with Crippen LogP contribution in [0.4, 0.5) is 0 Å². The number of amides is 1. The Morgan fingerprint density at radius 1 is 1.69 bits per heavy atom. The number of carbonyl (C=O) groups is 1. The molecule has 4 heteroatoms. The van der Waals surface area contributed by atoms with Crippen LogP contribution in [0.3, 0.4) is 0 Å². The largest absolute Gasteiger partial charge is 0.338 e. The highest BCUT2D eigenvalue weighted by Gasteiger charge is 2.41. The molecule has 0 aromatic carbocycles. The molecule has 0 aliphatic carbocycles. The fraction of sp³-hybridized carbons (Fsp3) is 0.667. The van der Waals surface area contributed by atoms with Gasteiger partial charge in [0.25, 0.3) is 0 Å². The van der Waals surface area contributed by atoms with Crippen LogP contribution in [0, 0.1) is 11.3 Å². The van der Waals surface area contributed by atoms with Gasteiger partial charge >= 0.3 is 0 Å². The number of hydrogen-bond donors (Lipinski definition) is 0. The normalized spacial score (nSPS) is 25.2. The SMILES string of the molecule is C=CCN1CC(C)(C)N(C)C(=O)C1CC#N. The predicted octanol–water partition coefficient (Wildman–Crippen LogP) is 1.01. The van der Waals surface area contributed by atoms with Gasteiger partial charge in [0.05, 0.1) is 12.5 Å². The molecule has 1 atom stereocenters. The zero-order valence-electron chi connectivity index (χ0n) is 10.2. The molecular weight excluding hydrogens is 202 g/mol. The third-order valence-electron chi connectivity index (χ3n) is 3.20. The Morgan fingerprint density at radius 3 is 2.81 bits per heavy atom. The van der Waals surface area contributed by atoms with Crippen molar-refractivity contribution < 1.29 is 4.79 Å². The minimum Gasteiger partial charge on any atom is -0.338 e. The summed E-state index contributed by atoms with van der Waals surface area (Å²) in [4.78, 5) is 15.9. The lowest BCUT2D eigenvalue weighted by atomic mass is 9.94. The average molecular weight is 221 g/mol. The lowest BCUT2D eigenvalue weighted by Crippen LogP contribution is -2.64. The second kappa shape index (κ2) is 4.67. The summed E-state index contributed by atoms with van der Waals surface area (Å²) in [5, 5.41) is 8.77. The molecule has 1 amide bonds. The Hall–Kier alpha value is -1.34. The van der Waals surface area contributed by atoms with Crippen LogP contribution in [0.5, 0.6) is 0 Å². The molecule has 1 saturated heterocycles. The van der Waals surface area contributed by atoms with Gasteiger partial charge in [-0.25, -0.2) is 0 Å². The number of piperazine rings is 1. The van der Waals surface area contributed by atoms with E-state index in [0.717, 1.165) is 6.54 Å². The predicted molar refractivity (Wildman–Crippen MR) is 62.6 cm³/mol. The van der Waals surface area contributed by atoms with Gasteiger partial charge in [-0.3, -0.25) is 9.69 Å². The van der Waals surface area contributed by atoms with Crippen LogP contribution in [-0.4, -0.2) is 47.4 Å². The molecule has 1 aliphatic heterocycles. The molecule has 1 aliphatic rings. The number of hydrogen-bond acceptors (Lipinski definition) is 3. The van der Waals surface area contributed by atoms with Gasteiger partial charge in [0.1, 0.15) is 6.04 Å². The number of nitrogens with zero attached hydrogens (tertiary/aromatic N) is 3. The van der Waals surface area contributed by atoms with Gasteiger partial charge in [-0.2, -0.15) is 5.26 Å². The Bertz CT molecular complexity index is 330. The van der Waals surface area contributed by atoms with E-state index in [1.54, 1.807) is 18.0 Å². The van der Waals surface area contributed by atoms with E-state index in [9.17, 15) is 4.79 Å². The van der Waals surface area contributed by atoms with Gasteiger partial charge in [0, 0.05) is 25.7 Å². The Morgan fingerprint density at radius 2 is 2.31 bits per heavy atom. The average Bonchev–Trinajstić information content (AvgIpc) is 2.21. The van der Waals surface area contributed by atoms with E-state index >= 15 is 0 Å². The maximum atomic E-state index is 12.1. The van der Waals surface area contributed by atoms with Gasteiger partial charge < -0.3 is 4.90 Å². The van der Waals surface area contributed by atoms with Crippen molar-refractivity contribution in [2.24, 2.45) is 0 Å². The van der Waals surface area contributed by atoms with E-state index in [1.165, 1.54) is 0 Å². The van der Waals surface area contributed by atoms with Crippen LogP contribution in [-0.2, 0) is 4.79 Å². The lowest BCUT2D eigenvalue weighted by molar-refractivity contribution is -0.148. The van der Waals surface area contributed by atoms with Crippen LogP contribution in [0.15, 0.2) is 12.7 Å². The van der Waals surface area contributed by atoms with Crippen LogP contribution in [0.25, 0.3) is 0 Å². The fourth-order valence-electron chi connectivity index (χ4n) is 2.05. The smallest absolute Gasteiger partial charge is 0.241 e. The molecule has 88 valence electrons. The summed E-state index contributed by atoms with van der Waals surface area (Å²) < 4.78 is 0.